The number of hydrogen-bond acceptors (Lipinski definition) is 7. The first-order valence-corrected chi connectivity index (χ1v) is 18.8. The minimum absolute atomic E-state index is 0.0233. The summed E-state index contributed by atoms with van der Waals surface area (Å²) in [7, 11) is 0. The molecule has 0 bridgehead atoms. The van der Waals surface area contributed by atoms with Crippen LogP contribution in [0.5, 0.6) is 0 Å². The van der Waals surface area contributed by atoms with Gasteiger partial charge in [-0.05, 0) is 55.3 Å². The highest BCUT2D eigenvalue weighted by molar-refractivity contribution is 6.38. The summed E-state index contributed by atoms with van der Waals surface area (Å²) in [6.07, 6.45) is 8.24. The number of carbonyl (C=O) groups excluding carboxylic acids is 7. The minimum atomic E-state index is -0.992. The fourth-order valence-electron chi connectivity index (χ4n) is 7.23. The molecule has 4 atom stereocenters. The van der Waals surface area contributed by atoms with E-state index in [9.17, 15) is 33.6 Å². The first-order valence-electron chi connectivity index (χ1n) is 18.8. The second-order valence-electron chi connectivity index (χ2n) is 16.3. The van der Waals surface area contributed by atoms with E-state index in [1.165, 1.54) is 9.80 Å². The average Bonchev–Trinajstić information content (AvgIpc) is 3.54. The predicted octanol–water partition coefficient (Wildman–Crippen LogP) is 3.59. The fraction of sp³-hybridized carbons (Fsp3) is 0.811. The third-order valence-electron chi connectivity index (χ3n) is 10.3. The lowest BCUT2D eigenvalue weighted by Crippen LogP contribution is -2.61. The van der Waals surface area contributed by atoms with E-state index in [1.807, 2.05) is 48.5 Å². The van der Waals surface area contributed by atoms with Crippen LogP contribution in [0.25, 0.3) is 0 Å². The highest BCUT2D eigenvalue weighted by Gasteiger charge is 2.43. The van der Waals surface area contributed by atoms with E-state index in [0.29, 0.717) is 45.2 Å². The summed E-state index contributed by atoms with van der Waals surface area (Å²) in [5.41, 5.74) is -0.938. The Hall–Kier alpha value is -3.51. The highest BCUT2D eigenvalue weighted by atomic mass is 16.2. The standard InChI is InChI=1S/C37H62N6O7/c1-8-10-17-25(31(46)33(48)38-19-9-2)39-32(47)26-18-14-20-42(26)34(49)30(24-15-12-11-13-16-24)41-35(50)40-27(36(3,4)5)23-43-28(44)21-37(6,7)22-29(43)45/h24-27,30H,8-23H2,1-7H3,(H,38,48)(H,39,47)(H2,40,41,50)/t25?,26-,27+,30-/m0/s1. The van der Waals surface area contributed by atoms with Crippen molar-refractivity contribution in [1.82, 2.24) is 31.1 Å². The second kappa shape index (κ2) is 18.1. The Kier molecular flexibility index (Phi) is 14.8. The summed E-state index contributed by atoms with van der Waals surface area (Å²) in [6, 6.07) is -3.88. The quantitative estimate of drug-likeness (QED) is 0.149. The van der Waals surface area contributed by atoms with Crippen molar-refractivity contribution < 1.29 is 33.6 Å². The number of piperidine rings is 1. The molecule has 2 heterocycles. The highest BCUT2D eigenvalue weighted by Crippen LogP contribution is 2.33. The summed E-state index contributed by atoms with van der Waals surface area (Å²) in [4.78, 5) is 95.9. The molecule has 282 valence electrons. The van der Waals surface area contributed by atoms with E-state index in [1.54, 1.807) is 0 Å². The van der Waals surface area contributed by atoms with Crippen LogP contribution in [-0.2, 0) is 28.8 Å². The Morgan fingerprint density at radius 1 is 0.860 bits per heavy atom. The monoisotopic (exact) mass is 702 g/mol. The van der Waals surface area contributed by atoms with Crippen molar-refractivity contribution in [3.63, 3.8) is 0 Å². The number of ketones is 1. The molecule has 13 nitrogen and oxygen atoms in total. The van der Waals surface area contributed by atoms with E-state index in [2.05, 4.69) is 21.3 Å². The SMILES string of the molecule is CCCCC(NC(=O)[C@@H]1CCCN1C(=O)[C@@H](NC(=O)N[C@H](CN1C(=O)CC(C)(C)CC1=O)C(C)(C)C)C1CCCCC1)C(=O)C(=O)NCCC. The number of hydrogen-bond donors (Lipinski definition) is 4. The molecule has 3 rings (SSSR count). The van der Waals surface area contributed by atoms with Crippen molar-refractivity contribution in [2.45, 2.75) is 156 Å². The van der Waals surface area contributed by atoms with Gasteiger partial charge in [0.05, 0.1) is 12.1 Å². The van der Waals surface area contributed by atoms with Gasteiger partial charge in [-0.25, -0.2) is 4.79 Å². The van der Waals surface area contributed by atoms with E-state index >= 15 is 0 Å². The minimum Gasteiger partial charge on any atom is -0.349 e. The topological polar surface area (TPSA) is 174 Å². The van der Waals surface area contributed by atoms with Crippen molar-refractivity contribution in [1.29, 1.82) is 0 Å². The predicted molar refractivity (Wildman–Crippen MR) is 190 cm³/mol. The van der Waals surface area contributed by atoms with Gasteiger partial charge in [-0.1, -0.05) is 80.6 Å². The zero-order valence-corrected chi connectivity index (χ0v) is 31.5. The van der Waals surface area contributed by atoms with Crippen LogP contribution >= 0.6 is 0 Å². The molecule has 7 amide bonds. The van der Waals surface area contributed by atoms with E-state index < -0.39 is 58.6 Å². The van der Waals surface area contributed by atoms with Crippen molar-refractivity contribution in [2.75, 3.05) is 19.6 Å². The zero-order valence-electron chi connectivity index (χ0n) is 31.5. The summed E-state index contributed by atoms with van der Waals surface area (Å²) in [5, 5.41) is 11.3. The number of nitrogens with zero attached hydrogens (tertiary/aromatic N) is 2. The molecule has 0 aromatic rings. The molecule has 0 radical (unpaired) electrons. The number of rotatable bonds is 15. The molecule has 50 heavy (non-hydrogen) atoms. The molecule has 2 aliphatic heterocycles. The number of nitrogens with one attached hydrogen (secondary N) is 4. The first kappa shape index (κ1) is 40.9. The van der Waals surface area contributed by atoms with Crippen LogP contribution < -0.4 is 21.3 Å². The van der Waals surface area contributed by atoms with Crippen LogP contribution in [0.4, 0.5) is 4.79 Å². The Bertz CT molecular complexity index is 1240. The average molecular weight is 703 g/mol. The van der Waals surface area contributed by atoms with Crippen LogP contribution in [0.2, 0.25) is 0 Å². The van der Waals surface area contributed by atoms with E-state index in [-0.39, 0.29) is 43.0 Å². The van der Waals surface area contributed by atoms with Gasteiger partial charge >= 0.3 is 6.03 Å². The van der Waals surface area contributed by atoms with Gasteiger partial charge in [0.25, 0.3) is 5.91 Å². The van der Waals surface area contributed by atoms with Crippen molar-refractivity contribution in [3.05, 3.63) is 0 Å². The third kappa shape index (κ3) is 11.2. The Labute approximate surface area is 298 Å². The molecule has 1 aliphatic carbocycles. The van der Waals surface area contributed by atoms with E-state index in [0.717, 1.165) is 38.5 Å². The van der Waals surface area contributed by atoms with Crippen LogP contribution in [0, 0.1) is 16.7 Å². The van der Waals surface area contributed by atoms with Gasteiger partial charge in [0, 0.05) is 32.5 Å². The Morgan fingerprint density at radius 2 is 1.50 bits per heavy atom. The molecule has 3 fully saturated rings. The maximum atomic E-state index is 14.3. The molecule has 0 aromatic carbocycles. The number of amides is 7. The molecular weight excluding hydrogens is 640 g/mol. The smallest absolute Gasteiger partial charge is 0.315 e. The summed E-state index contributed by atoms with van der Waals surface area (Å²) < 4.78 is 0. The van der Waals surface area contributed by atoms with Gasteiger partial charge in [-0.3, -0.25) is 33.7 Å². The molecule has 2 saturated heterocycles. The summed E-state index contributed by atoms with van der Waals surface area (Å²) in [6.45, 7) is 14.1. The Morgan fingerprint density at radius 3 is 2.08 bits per heavy atom. The van der Waals surface area contributed by atoms with Crippen molar-refractivity contribution >= 4 is 41.4 Å². The third-order valence-corrected chi connectivity index (χ3v) is 10.3. The van der Waals surface area contributed by atoms with Gasteiger partial charge in [-0.15, -0.1) is 0 Å². The molecule has 3 aliphatic rings. The van der Waals surface area contributed by atoms with Crippen LogP contribution in [0.15, 0.2) is 0 Å². The number of carbonyl (C=O) groups is 7. The van der Waals surface area contributed by atoms with Gasteiger partial charge in [-0.2, -0.15) is 0 Å². The van der Waals surface area contributed by atoms with Gasteiger partial charge in [0.1, 0.15) is 12.1 Å². The zero-order chi connectivity index (χ0) is 37.2. The largest absolute Gasteiger partial charge is 0.349 e. The van der Waals surface area contributed by atoms with Crippen LogP contribution in [0.3, 0.4) is 0 Å². The maximum Gasteiger partial charge on any atom is 0.315 e. The van der Waals surface area contributed by atoms with Crippen LogP contribution in [0.1, 0.15) is 132 Å². The summed E-state index contributed by atoms with van der Waals surface area (Å²) in [5.74, 6) is -2.92. The number of urea groups is 1. The summed E-state index contributed by atoms with van der Waals surface area (Å²) >= 11 is 0. The molecule has 13 heteroatoms. The van der Waals surface area contributed by atoms with Crippen LogP contribution in [-0.4, -0.2) is 95.0 Å². The lowest BCUT2D eigenvalue weighted by molar-refractivity contribution is -0.153. The molecule has 0 spiro atoms. The van der Waals surface area contributed by atoms with Gasteiger partial charge in [0.15, 0.2) is 0 Å². The molecule has 1 unspecified atom stereocenters. The first-order chi connectivity index (χ1) is 23.5. The second-order valence-corrected chi connectivity index (χ2v) is 16.3. The number of likely N-dealkylation sites (tertiary alicyclic amines) is 2. The van der Waals surface area contributed by atoms with Gasteiger partial charge in [0.2, 0.25) is 29.4 Å². The molecule has 0 aromatic heterocycles. The number of imide groups is 1. The van der Waals surface area contributed by atoms with Crippen molar-refractivity contribution in [2.24, 2.45) is 16.7 Å². The maximum absolute atomic E-state index is 14.3. The molecule has 1 saturated carbocycles. The Balaban J connectivity index is 1.77. The van der Waals surface area contributed by atoms with Crippen molar-refractivity contribution in [3.8, 4) is 0 Å². The molecular formula is C37H62N6O7. The van der Waals surface area contributed by atoms with Gasteiger partial charge < -0.3 is 26.2 Å². The fourth-order valence-corrected chi connectivity index (χ4v) is 7.23. The number of Topliss-reactive ketones (excluding diaryl/α,β-unsaturated/α-hetero) is 1. The number of unbranched alkanes of at least 4 members (excludes halogenated alkanes) is 1. The normalized spacial score (nSPS) is 21.6. The molecule has 4 N–H and O–H groups in total. The van der Waals surface area contributed by atoms with E-state index in [4.69, 9.17) is 0 Å². The lowest BCUT2D eigenvalue weighted by Gasteiger charge is -2.40. The lowest BCUT2D eigenvalue weighted by atomic mass is 9.80.